The first-order valence-electron chi connectivity index (χ1n) is 7.39. The van der Waals surface area contributed by atoms with Crippen molar-refractivity contribution in [3.8, 4) is 17.3 Å². The van der Waals surface area contributed by atoms with Gasteiger partial charge in [-0.25, -0.2) is 4.39 Å². The van der Waals surface area contributed by atoms with E-state index < -0.39 is 5.82 Å². The number of rotatable bonds is 5. The second kappa shape index (κ2) is 7.42. The summed E-state index contributed by atoms with van der Waals surface area (Å²) in [7, 11) is 3.94. The number of hydrogen-bond donors (Lipinski definition) is 1. The van der Waals surface area contributed by atoms with Crippen molar-refractivity contribution in [2.75, 3.05) is 14.1 Å². The fraction of sp³-hybridized carbons (Fsp3) is 0.158. The second-order valence-electron chi connectivity index (χ2n) is 5.54. The summed E-state index contributed by atoms with van der Waals surface area (Å²) in [5.41, 5.74) is 4.12. The molecule has 0 spiro atoms. The molecule has 4 nitrogen and oxygen atoms in total. The Morgan fingerprint density at radius 1 is 1.29 bits per heavy atom. The number of nitriles is 1. The first-order valence-corrected chi connectivity index (χ1v) is 7.39. The number of hydrogen-bond acceptors (Lipinski definition) is 3. The maximum atomic E-state index is 13.6. The van der Waals surface area contributed by atoms with Crippen LogP contribution in [0.2, 0.25) is 0 Å². The summed E-state index contributed by atoms with van der Waals surface area (Å²) in [5.74, 6) is -0.461. The summed E-state index contributed by atoms with van der Waals surface area (Å²) in [5, 5.41) is 16.1. The lowest BCUT2D eigenvalue weighted by molar-refractivity contribution is 0.514. The minimum Gasteiger partial charge on any atom is -0.381 e. The van der Waals surface area contributed by atoms with Gasteiger partial charge in [-0.2, -0.15) is 10.4 Å². The molecule has 0 saturated carbocycles. The number of H-pyrrole nitrogens is 1. The second-order valence-corrected chi connectivity index (χ2v) is 5.54. The van der Waals surface area contributed by atoms with E-state index in [9.17, 15) is 4.39 Å². The third-order valence-corrected chi connectivity index (χ3v) is 3.64. The van der Waals surface area contributed by atoms with Crippen molar-refractivity contribution < 1.29 is 4.39 Å². The molecule has 0 unspecified atom stereocenters. The molecule has 5 heteroatoms. The molecule has 2 aromatic rings. The number of aromatic amines is 1. The minimum atomic E-state index is -0.461. The number of benzene rings is 1. The van der Waals surface area contributed by atoms with Crippen LogP contribution in [0.4, 0.5) is 4.39 Å². The van der Waals surface area contributed by atoms with Gasteiger partial charge in [-0.1, -0.05) is 18.7 Å². The molecule has 1 N–H and O–H groups in total. The van der Waals surface area contributed by atoms with Gasteiger partial charge in [0.1, 0.15) is 5.82 Å². The number of allylic oxidation sites excluding steroid dienone is 5. The molecule has 2 rings (SSSR count). The molecule has 0 amide bonds. The van der Waals surface area contributed by atoms with Gasteiger partial charge in [0, 0.05) is 25.4 Å². The van der Waals surface area contributed by atoms with E-state index in [4.69, 9.17) is 5.26 Å². The van der Waals surface area contributed by atoms with Gasteiger partial charge in [0.25, 0.3) is 0 Å². The molecule has 0 aliphatic carbocycles. The van der Waals surface area contributed by atoms with Crippen LogP contribution in [0, 0.1) is 17.1 Å². The molecule has 1 aromatic carbocycles. The quantitative estimate of drug-likeness (QED) is 0.842. The summed E-state index contributed by atoms with van der Waals surface area (Å²) < 4.78 is 13.6. The van der Waals surface area contributed by atoms with Crippen LogP contribution in [0.1, 0.15) is 18.2 Å². The molecular weight excluding hydrogens is 303 g/mol. The molecule has 0 atom stereocenters. The van der Waals surface area contributed by atoms with E-state index in [1.54, 1.807) is 12.1 Å². The molecule has 1 heterocycles. The van der Waals surface area contributed by atoms with Gasteiger partial charge < -0.3 is 4.90 Å². The minimum absolute atomic E-state index is 0.263. The van der Waals surface area contributed by atoms with Crippen LogP contribution in [-0.2, 0) is 0 Å². The smallest absolute Gasteiger partial charge is 0.125 e. The van der Waals surface area contributed by atoms with Crippen molar-refractivity contribution in [1.82, 2.24) is 15.1 Å². The highest BCUT2D eigenvalue weighted by molar-refractivity contribution is 5.75. The van der Waals surface area contributed by atoms with Gasteiger partial charge in [0.05, 0.1) is 23.0 Å². The highest BCUT2D eigenvalue weighted by Gasteiger charge is 2.08. The van der Waals surface area contributed by atoms with Crippen molar-refractivity contribution in [3.63, 3.8) is 0 Å². The molecule has 0 bridgehead atoms. The number of aromatic nitrogens is 2. The van der Waals surface area contributed by atoms with E-state index in [2.05, 4.69) is 16.8 Å². The van der Waals surface area contributed by atoms with Gasteiger partial charge in [-0.15, -0.1) is 0 Å². The number of nitrogens with one attached hydrogen (secondary N) is 1. The zero-order valence-electron chi connectivity index (χ0n) is 14.0. The Morgan fingerprint density at radius 3 is 2.67 bits per heavy atom. The lowest BCUT2D eigenvalue weighted by Gasteiger charge is -2.11. The Hall–Kier alpha value is -3.13. The molecule has 0 radical (unpaired) electrons. The maximum Gasteiger partial charge on any atom is 0.125 e. The summed E-state index contributed by atoms with van der Waals surface area (Å²) in [6, 6.07) is 7.91. The van der Waals surface area contributed by atoms with Crippen LogP contribution in [-0.4, -0.2) is 29.2 Å². The fourth-order valence-corrected chi connectivity index (χ4v) is 2.05. The highest BCUT2D eigenvalue weighted by atomic mass is 19.1. The van der Waals surface area contributed by atoms with Gasteiger partial charge >= 0.3 is 0 Å². The summed E-state index contributed by atoms with van der Waals surface area (Å²) in [6.07, 6.45) is 5.64. The maximum absolute atomic E-state index is 13.6. The van der Waals surface area contributed by atoms with Crippen molar-refractivity contribution in [1.29, 1.82) is 5.26 Å². The Bertz CT molecular complexity index is 850. The van der Waals surface area contributed by atoms with Gasteiger partial charge in [-0.05, 0) is 42.8 Å². The molecule has 0 fully saturated rings. The topological polar surface area (TPSA) is 55.7 Å². The Balaban J connectivity index is 2.38. The molecule has 1 aromatic heterocycles. The van der Waals surface area contributed by atoms with Crippen molar-refractivity contribution >= 4 is 5.57 Å². The van der Waals surface area contributed by atoms with Gasteiger partial charge in [0.2, 0.25) is 0 Å². The molecule has 0 aliphatic rings. The predicted octanol–water partition coefficient (Wildman–Crippen LogP) is 4.12. The summed E-state index contributed by atoms with van der Waals surface area (Å²) in [6.45, 7) is 5.83. The van der Waals surface area contributed by atoms with E-state index >= 15 is 0 Å². The monoisotopic (exact) mass is 322 g/mol. The van der Waals surface area contributed by atoms with Crippen molar-refractivity contribution in [2.24, 2.45) is 0 Å². The van der Waals surface area contributed by atoms with Crippen molar-refractivity contribution in [2.45, 2.75) is 6.92 Å². The number of nitrogens with zero attached hydrogens (tertiary/aromatic N) is 3. The largest absolute Gasteiger partial charge is 0.381 e. The highest BCUT2D eigenvalue weighted by Crippen LogP contribution is 2.24. The lowest BCUT2D eigenvalue weighted by Crippen LogP contribution is -2.07. The van der Waals surface area contributed by atoms with E-state index in [-0.39, 0.29) is 5.56 Å². The zero-order chi connectivity index (χ0) is 17.7. The third-order valence-electron chi connectivity index (χ3n) is 3.64. The fourth-order valence-electron chi connectivity index (χ4n) is 2.05. The first-order chi connectivity index (χ1) is 11.4. The van der Waals surface area contributed by atoms with E-state index in [0.717, 1.165) is 17.0 Å². The summed E-state index contributed by atoms with van der Waals surface area (Å²) >= 11 is 0. The molecule has 0 saturated heterocycles. The average molecular weight is 322 g/mol. The lowest BCUT2D eigenvalue weighted by atomic mass is 10.1. The molecule has 24 heavy (non-hydrogen) atoms. The molecular formula is C19H19FN4. The van der Waals surface area contributed by atoms with Gasteiger partial charge in [-0.3, -0.25) is 5.10 Å². The molecule has 122 valence electrons. The average Bonchev–Trinajstić information content (AvgIpc) is 3.04. The standard InChI is InChI=1S/C19H19FN4/c1-5-15(7-6-13(2)24(3)4)18-11-19(23-22-18)16-8-14(12-21)9-17(20)10-16/h5-11H,1H2,2-4H3,(H,22,23)/b13-6+,15-7+. The predicted molar refractivity (Wildman–Crippen MR) is 94.3 cm³/mol. The van der Waals surface area contributed by atoms with E-state index in [1.165, 1.54) is 12.1 Å². The van der Waals surface area contributed by atoms with Gasteiger partial charge in [0.15, 0.2) is 0 Å². The zero-order valence-corrected chi connectivity index (χ0v) is 14.0. The van der Waals surface area contributed by atoms with E-state index in [1.807, 2.05) is 50.2 Å². The number of halogens is 1. The molecule has 0 aliphatic heterocycles. The first kappa shape index (κ1) is 17.2. The van der Waals surface area contributed by atoms with Crippen LogP contribution >= 0.6 is 0 Å². The van der Waals surface area contributed by atoms with Crippen LogP contribution in [0.25, 0.3) is 16.8 Å². The van der Waals surface area contributed by atoms with Crippen LogP contribution in [0.15, 0.2) is 54.8 Å². The van der Waals surface area contributed by atoms with Crippen molar-refractivity contribution in [3.05, 3.63) is 71.8 Å². The van der Waals surface area contributed by atoms with Crippen LogP contribution in [0.5, 0.6) is 0 Å². The Morgan fingerprint density at radius 2 is 2.04 bits per heavy atom. The normalized spacial score (nSPS) is 12.0. The SMILES string of the molecule is C=C/C(=C\C=C(/C)N(C)C)c1cc(-c2cc(F)cc(C#N)c2)n[nH]1. The van der Waals surface area contributed by atoms with Crippen LogP contribution < -0.4 is 0 Å². The Kier molecular flexibility index (Phi) is 5.33. The van der Waals surface area contributed by atoms with Crippen LogP contribution in [0.3, 0.4) is 0 Å². The Labute approximate surface area is 141 Å². The summed E-state index contributed by atoms with van der Waals surface area (Å²) in [4.78, 5) is 2.01. The third kappa shape index (κ3) is 3.99. The van der Waals surface area contributed by atoms with E-state index in [0.29, 0.717) is 11.3 Å².